The van der Waals surface area contributed by atoms with Crippen LogP contribution in [-0.2, 0) is 4.84 Å². The van der Waals surface area contributed by atoms with Crippen molar-refractivity contribution in [3.8, 4) is 0 Å². The third-order valence-electron chi connectivity index (χ3n) is 1.84. The maximum absolute atomic E-state index is 5.02. The Bertz CT molecular complexity index is 159. The van der Waals surface area contributed by atoms with Gasteiger partial charge in [0, 0.05) is 0 Å². The van der Waals surface area contributed by atoms with Crippen molar-refractivity contribution in [3.05, 3.63) is 11.8 Å². The smallest absolute Gasteiger partial charge is 0.112 e. The summed E-state index contributed by atoms with van der Waals surface area (Å²) in [7, 11) is 0. The molecule has 0 atom stereocenters. The minimum atomic E-state index is 0.0220. The largest absolute Gasteiger partial charge is 0.416 e. The zero-order valence-corrected chi connectivity index (χ0v) is 7.06. The Morgan fingerprint density at radius 3 is 2.30 bits per heavy atom. The highest BCUT2D eigenvalue weighted by molar-refractivity contribution is 5.19. The van der Waals surface area contributed by atoms with E-state index in [1.807, 2.05) is 6.26 Å². The molecule has 1 heterocycles. The van der Waals surface area contributed by atoms with Gasteiger partial charge in [-0.3, -0.25) is 0 Å². The number of hydrogen-bond acceptors (Lipinski definition) is 2. The lowest BCUT2D eigenvalue weighted by Crippen LogP contribution is -2.36. The molecule has 58 valence electrons. The maximum atomic E-state index is 5.02. The van der Waals surface area contributed by atoms with Crippen LogP contribution in [0, 0.1) is 5.92 Å². The fourth-order valence-electron chi connectivity index (χ4n) is 1.30. The Kier molecular flexibility index (Phi) is 1.73. The third kappa shape index (κ3) is 1.16. The van der Waals surface area contributed by atoms with Crippen molar-refractivity contribution in [2.24, 2.45) is 5.92 Å². The average Bonchev–Trinajstić information content (AvgIpc) is 2.08. The van der Waals surface area contributed by atoms with E-state index in [0.717, 1.165) is 0 Å². The summed E-state index contributed by atoms with van der Waals surface area (Å²) < 4.78 is 0. The van der Waals surface area contributed by atoms with Crippen LogP contribution in [0.3, 0.4) is 0 Å². The molecule has 2 nitrogen and oxygen atoms in total. The van der Waals surface area contributed by atoms with Gasteiger partial charge in [0.05, 0.1) is 5.54 Å². The molecule has 10 heavy (non-hydrogen) atoms. The summed E-state index contributed by atoms with van der Waals surface area (Å²) in [5.41, 5.74) is 4.28. The second-order valence-corrected chi connectivity index (χ2v) is 3.57. The van der Waals surface area contributed by atoms with Gasteiger partial charge in [-0.2, -0.15) is 0 Å². The van der Waals surface area contributed by atoms with Gasteiger partial charge in [0.15, 0.2) is 0 Å². The van der Waals surface area contributed by atoms with E-state index in [4.69, 9.17) is 4.84 Å². The molecule has 0 amide bonds. The molecule has 0 bridgehead atoms. The molecule has 0 saturated carbocycles. The van der Waals surface area contributed by atoms with Crippen LogP contribution in [0.1, 0.15) is 27.7 Å². The summed E-state index contributed by atoms with van der Waals surface area (Å²) in [6, 6.07) is 0. The lowest BCUT2D eigenvalue weighted by atomic mass is 9.88. The van der Waals surface area contributed by atoms with Crippen LogP contribution >= 0.6 is 0 Å². The fourth-order valence-corrected chi connectivity index (χ4v) is 1.30. The van der Waals surface area contributed by atoms with E-state index in [1.165, 1.54) is 5.57 Å². The van der Waals surface area contributed by atoms with E-state index in [1.54, 1.807) is 0 Å². The van der Waals surface area contributed by atoms with Crippen LogP contribution in [0.25, 0.3) is 0 Å². The van der Waals surface area contributed by atoms with Crippen LogP contribution < -0.4 is 5.48 Å². The van der Waals surface area contributed by atoms with Crippen molar-refractivity contribution >= 4 is 0 Å². The summed E-state index contributed by atoms with van der Waals surface area (Å²) in [6.45, 7) is 8.57. The zero-order chi connectivity index (χ0) is 7.78. The summed E-state index contributed by atoms with van der Waals surface area (Å²) in [5, 5.41) is 0. The molecule has 0 fully saturated rings. The van der Waals surface area contributed by atoms with Gasteiger partial charge in [0.2, 0.25) is 0 Å². The highest BCUT2D eigenvalue weighted by atomic mass is 16.6. The predicted octanol–water partition coefficient (Wildman–Crippen LogP) is 1.84. The Balaban J connectivity index is 2.75. The monoisotopic (exact) mass is 141 g/mol. The summed E-state index contributed by atoms with van der Waals surface area (Å²) in [5.74, 6) is 0.560. The van der Waals surface area contributed by atoms with Gasteiger partial charge in [0.25, 0.3) is 0 Å². The van der Waals surface area contributed by atoms with Gasteiger partial charge in [0.1, 0.15) is 6.26 Å². The van der Waals surface area contributed by atoms with Crippen LogP contribution in [0.2, 0.25) is 0 Å². The molecule has 1 aliphatic heterocycles. The van der Waals surface area contributed by atoms with Crippen molar-refractivity contribution in [1.82, 2.24) is 5.48 Å². The number of nitrogens with one attached hydrogen (secondary N) is 1. The van der Waals surface area contributed by atoms with E-state index in [9.17, 15) is 0 Å². The van der Waals surface area contributed by atoms with Gasteiger partial charge in [-0.15, -0.1) is 5.48 Å². The maximum Gasteiger partial charge on any atom is 0.112 e. The molecule has 0 unspecified atom stereocenters. The van der Waals surface area contributed by atoms with E-state index >= 15 is 0 Å². The van der Waals surface area contributed by atoms with Crippen molar-refractivity contribution in [2.75, 3.05) is 0 Å². The predicted molar refractivity (Wildman–Crippen MR) is 41.2 cm³/mol. The Morgan fingerprint density at radius 1 is 1.50 bits per heavy atom. The SMILES string of the molecule is CC(C)C1=CONC1(C)C. The third-order valence-corrected chi connectivity index (χ3v) is 1.84. The lowest BCUT2D eigenvalue weighted by Gasteiger charge is -2.22. The lowest BCUT2D eigenvalue weighted by molar-refractivity contribution is 0.111. The molecular formula is C8H15NO. The van der Waals surface area contributed by atoms with Crippen LogP contribution in [-0.4, -0.2) is 5.54 Å². The van der Waals surface area contributed by atoms with Gasteiger partial charge < -0.3 is 4.84 Å². The molecule has 0 aromatic carbocycles. The van der Waals surface area contributed by atoms with E-state index in [-0.39, 0.29) is 5.54 Å². The molecule has 0 radical (unpaired) electrons. The fraction of sp³-hybridized carbons (Fsp3) is 0.750. The van der Waals surface area contributed by atoms with Gasteiger partial charge >= 0.3 is 0 Å². The topological polar surface area (TPSA) is 21.3 Å². The van der Waals surface area contributed by atoms with Crippen molar-refractivity contribution in [3.63, 3.8) is 0 Å². The highest BCUT2D eigenvalue weighted by Crippen LogP contribution is 2.27. The molecule has 0 aliphatic carbocycles. The van der Waals surface area contributed by atoms with E-state index < -0.39 is 0 Å². The Hall–Kier alpha value is -0.500. The number of hydrogen-bond donors (Lipinski definition) is 1. The second kappa shape index (κ2) is 2.27. The minimum Gasteiger partial charge on any atom is -0.416 e. The minimum absolute atomic E-state index is 0.0220. The Labute approximate surface area is 62.2 Å². The highest BCUT2D eigenvalue weighted by Gasteiger charge is 2.30. The first-order valence-electron chi connectivity index (χ1n) is 3.67. The molecule has 1 aliphatic rings. The summed E-state index contributed by atoms with van der Waals surface area (Å²) in [6.07, 6.45) is 1.81. The molecule has 1 N–H and O–H groups in total. The van der Waals surface area contributed by atoms with Crippen LogP contribution in [0.15, 0.2) is 11.8 Å². The molecule has 0 saturated heterocycles. The summed E-state index contributed by atoms with van der Waals surface area (Å²) >= 11 is 0. The molecule has 0 spiro atoms. The molecule has 0 aromatic rings. The first kappa shape index (κ1) is 7.61. The van der Waals surface area contributed by atoms with Gasteiger partial charge in [-0.25, -0.2) is 0 Å². The zero-order valence-electron chi connectivity index (χ0n) is 7.06. The van der Waals surface area contributed by atoms with E-state index in [2.05, 4.69) is 33.2 Å². The average molecular weight is 141 g/mol. The standard InChI is InChI=1S/C8H15NO/c1-6(2)7-5-10-9-8(7,3)4/h5-6,9H,1-4H3. The summed E-state index contributed by atoms with van der Waals surface area (Å²) in [4.78, 5) is 5.02. The van der Waals surface area contributed by atoms with Gasteiger partial charge in [-0.05, 0) is 25.3 Å². The van der Waals surface area contributed by atoms with Crippen molar-refractivity contribution in [1.29, 1.82) is 0 Å². The van der Waals surface area contributed by atoms with Crippen molar-refractivity contribution in [2.45, 2.75) is 33.2 Å². The molecule has 2 heteroatoms. The first-order valence-corrected chi connectivity index (χ1v) is 3.67. The molecule has 0 aromatic heterocycles. The second-order valence-electron chi connectivity index (χ2n) is 3.57. The van der Waals surface area contributed by atoms with Gasteiger partial charge in [-0.1, -0.05) is 13.8 Å². The quantitative estimate of drug-likeness (QED) is 0.601. The first-order chi connectivity index (χ1) is 4.54. The molecule has 1 rings (SSSR count). The Morgan fingerprint density at radius 2 is 2.10 bits per heavy atom. The van der Waals surface area contributed by atoms with E-state index in [0.29, 0.717) is 5.92 Å². The van der Waals surface area contributed by atoms with Crippen LogP contribution in [0.5, 0.6) is 0 Å². The number of rotatable bonds is 1. The molecular weight excluding hydrogens is 126 g/mol. The van der Waals surface area contributed by atoms with Crippen LogP contribution in [0.4, 0.5) is 0 Å². The number of hydroxylamine groups is 1. The van der Waals surface area contributed by atoms with Crippen molar-refractivity contribution < 1.29 is 4.84 Å². The normalized spacial score (nSPS) is 22.7.